The summed E-state index contributed by atoms with van der Waals surface area (Å²) in [5.74, 6) is -1.41. The fourth-order valence-electron chi connectivity index (χ4n) is 1.17. The molecule has 0 unspecified atom stereocenters. The monoisotopic (exact) mass is 266 g/mol. The summed E-state index contributed by atoms with van der Waals surface area (Å²) in [6.45, 7) is 0.947. The second-order valence-corrected chi connectivity index (χ2v) is 3.68. The van der Waals surface area contributed by atoms with Crippen LogP contribution in [0.3, 0.4) is 0 Å². The highest BCUT2D eigenvalue weighted by Gasteiger charge is 2.33. The Bertz CT molecular complexity index is 279. The van der Waals surface area contributed by atoms with Crippen molar-refractivity contribution in [1.82, 2.24) is 0 Å². The van der Waals surface area contributed by atoms with Gasteiger partial charge in [-0.25, -0.2) is 0 Å². The lowest BCUT2D eigenvalue weighted by molar-refractivity contribution is -0.175. The van der Waals surface area contributed by atoms with Crippen LogP contribution in [0.5, 0.6) is 0 Å². The van der Waals surface area contributed by atoms with Gasteiger partial charge in [-0.1, -0.05) is 0 Å². The molecule has 0 rings (SSSR count). The summed E-state index contributed by atoms with van der Waals surface area (Å²) in [5.41, 5.74) is 0. The molecule has 0 fully saturated rings. The maximum absolute atomic E-state index is 10.8. The van der Waals surface area contributed by atoms with E-state index in [2.05, 4.69) is 9.47 Å². The molecule has 106 valence electrons. The molecular weight excluding hydrogens is 248 g/mol. The van der Waals surface area contributed by atoms with Crippen LogP contribution in [0, 0.1) is 0 Å². The van der Waals surface area contributed by atoms with Gasteiger partial charge in [0, 0.05) is 13.8 Å². The van der Waals surface area contributed by atoms with Crippen LogP contribution in [-0.2, 0) is 19.1 Å². The average molecular weight is 266 g/mol. The van der Waals surface area contributed by atoms with Crippen LogP contribution in [0.2, 0.25) is 0 Å². The molecule has 0 amide bonds. The van der Waals surface area contributed by atoms with Gasteiger partial charge in [0.1, 0.15) is 24.9 Å². The Morgan fingerprint density at radius 3 is 2.00 bits per heavy atom. The molecular formula is C10H18O8. The van der Waals surface area contributed by atoms with Crippen LogP contribution in [0.1, 0.15) is 13.8 Å². The Labute approximate surface area is 104 Å². The van der Waals surface area contributed by atoms with Crippen molar-refractivity contribution in [3.8, 4) is 0 Å². The Balaban J connectivity index is 4.61. The normalized spacial score (nSPS) is 17.4. The Morgan fingerprint density at radius 1 is 1.06 bits per heavy atom. The van der Waals surface area contributed by atoms with Crippen molar-refractivity contribution in [2.24, 2.45) is 0 Å². The molecule has 0 saturated heterocycles. The Morgan fingerprint density at radius 2 is 1.61 bits per heavy atom. The van der Waals surface area contributed by atoms with Crippen LogP contribution in [-0.4, -0.2) is 70.0 Å². The molecule has 0 aromatic rings. The number of aliphatic hydroxyl groups excluding tert-OH is 4. The van der Waals surface area contributed by atoms with Gasteiger partial charge in [0.25, 0.3) is 0 Å². The smallest absolute Gasteiger partial charge is 0.303 e. The first-order valence-corrected chi connectivity index (χ1v) is 5.25. The van der Waals surface area contributed by atoms with Gasteiger partial charge >= 0.3 is 11.9 Å². The van der Waals surface area contributed by atoms with Crippen molar-refractivity contribution >= 4 is 11.9 Å². The number of carbonyl (C=O) groups excluding carboxylic acids is 2. The van der Waals surface area contributed by atoms with E-state index in [4.69, 9.17) is 10.2 Å². The van der Waals surface area contributed by atoms with E-state index in [1.165, 1.54) is 0 Å². The number of rotatable bonds is 7. The van der Waals surface area contributed by atoms with E-state index in [1.807, 2.05) is 0 Å². The predicted molar refractivity (Wildman–Crippen MR) is 57.3 cm³/mol. The fourth-order valence-corrected chi connectivity index (χ4v) is 1.17. The third kappa shape index (κ3) is 5.92. The molecule has 0 aromatic heterocycles. The lowest BCUT2D eigenvalue weighted by Gasteiger charge is -2.27. The van der Waals surface area contributed by atoms with Crippen LogP contribution < -0.4 is 0 Å². The molecule has 4 atom stereocenters. The van der Waals surface area contributed by atoms with E-state index < -0.39 is 49.6 Å². The molecule has 8 heteroatoms. The van der Waals surface area contributed by atoms with Crippen LogP contribution >= 0.6 is 0 Å². The third-order valence-electron chi connectivity index (χ3n) is 2.08. The number of aliphatic hydroxyl groups is 4. The molecule has 18 heavy (non-hydrogen) atoms. The first-order valence-electron chi connectivity index (χ1n) is 5.25. The maximum Gasteiger partial charge on any atom is 0.303 e. The summed E-state index contributed by atoms with van der Waals surface area (Å²) in [4.78, 5) is 21.4. The summed E-state index contributed by atoms with van der Waals surface area (Å²) < 4.78 is 9.22. The van der Waals surface area contributed by atoms with Crippen molar-refractivity contribution in [1.29, 1.82) is 0 Å². The highest BCUT2D eigenvalue weighted by atomic mass is 16.6. The highest BCUT2D eigenvalue weighted by molar-refractivity contribution is 5.67. The van der Waals surface area contributed by atoms with Crippen molar-refractivity contribution in [2.75, 3.05) is 13.2 Å². The second kappa shape index (κ2) is 7.98. The molecule has 0 aliphatic rings. The molecule has 0 aliphatic heterocycles. The first kappa shape index (κ1) is 16.8. The maximum atomic E-state index is 10.8. The largest absolute Gasteiger partial charge is 0.462 e. The quantitative estimate of drug-likeness (QED) is 0.373. The van der Waals surface area contributed by atoms with Crippen LogP contribution in [0.4, 0.5) is 0 Å². The van der Waals surface area contributed by atoms with E-state index in [-0.39, 0.29) is 0 Å². The third-order valence-corrected chi connectivity index (χ3v) is 2.08. The number of esters is 2. The molecule has 8 nitrogen and oxygen atoms in total. The predicted octanol–water partition coefficient (Wildman–Crippen LogP) is -2.44. The molecule has 0 spiro atoms. The number of hydrogen-bond donors (Lipinski definition) is 4. The Kier molecular flexibility index (Phi) is 7.44. The minimum Gasteiger partial charge on any atom is -0.462 e. The first-order chi connectivity index (χ1) is 8.29. The lowest BCUT2D eigenvalue weighted by Crippen LogP contribution is -2.49. The van der Waals surface area contributed by atoms with Crippen molar-refractivity contribution in [2.45, 2.75) is 38.3 Å². The van der Waals surface area contributed by atoms with Gasteiger partial charge in [0.15, 0.2) is 6.10 Å². The number of carbonyl (C=O) groups is 2. The second-order valence-electron chi connectivity index (χ2n) is 3.68. The van der Waals surface area contributed by atoms with E-state index >= 15 is 0 Å². The molecule has 0 saturated carbocycles. The van der Waals surface area contributed by atoms with Gasteiger partial charge in [-0.15, -0.1) is 0 Å². The summed E-state index contributed by atoms with van der Waals surface area (Å²) in [5, 5.41) is 36.9. The molecule has 0 aliphatic carbocycles. The minimum absolute atomic E-state index is 0.467. The average Bonchev–Trinajstić information content (AvgIpc) is 2.30. The van der Waals surface area contributed by atoms with Gasteiger partial charge < -0.3 is 29.9 Å². The van der Waals surface area contributed by atoms with E-state index in [1.54, 1.807) is 0 Å². The van der Waals surface area contributed by atoms with E-state index in [0.717, 1.165) is 13.8 Å². The fraction of sp³-hybridized carbons (Fsp3) is 0.800. The van der Waals surface area contributed by atoms with Crippen molar-refractivity contribution < 1.29 is 39.5 Å². The van der Waals surface area contributed by atoms with Crippen LogP contribution in [0.15, 0.2) is 0 Å². The molecule has 4 N–H and O–H groups in total. The highest BCUT2D eigenvalue weighted by Crippen LogP contribution is 2.09. The summed E-state index contributed by atoms with van der Waals surface area (Å²) in [7, 11) is 0. The summed E-state index contributed by atoms with van der Waals surface area (Å²) >= 11 is 0. The lowest BCUT2D eigenvalue weighted by atomic mass is 10.0. The molecule has 0 heterocycles. The molecule has 0 radical (unpaired) electrons. The van der Waals surface area contributed by atoms with Gasteiger partial charge in [-0.2, -0.15) is 0 Å². The summed E-state index contributed by atoms with van der Waals surface area (Å²) in [6.07, 6.45) is -6.37. The molecule has 0 bridgehead atoms. The van der Waals surface area contributed by atoms with Gasteiger partial charge in [-0.05, 0) is 0 Å². The SMILES string of the molecule is CC(=O)OC[C@H](OC(C)=O)[C@@H](O)[C@H](O)[C@H](O)CO. The van der Waals surface area contributed by atoms with Gasteiger partial charge in [-0.3, -0.25) is 9.59 Å². The Hall–Kier alpha value is -1.22. The number of ether oxygens (including phenoxy) is 2. The zero-order valence-electron chi connectivity index (χ0n) is 10.1. The zero-order chi connectivity index (χ0) is 14.3. The topological polar surface area (TPSA) is 134 Å². The summed E-state index contributed by atoms with van der Waals surface area (Å²) in [6, 6.07) is 0. The van der Waals surface area contributed by atoms with Crippen LogP contribution in [0.25, 0.3) is 0 Å². The minimum atomic E-state index is -1.74. The van der Waals surface area contributed by atoms with Crippen molar-refractivity contribution in [3.05, 3.63) is 0 Å². The number of hydrogen-bond acceptors (Lipinski definition) is 8. The van der Waals surface area contributed by atoms with E-state index in [9.17, 15) is 19.8 Å². The van der Waals surface area contributed by atoms with Gasteiger partial charge in [0.2, 0.25) is 0 Å². The molecule has 0 aromatic carbocycles. The van der Waals surface area contributed by atoms with Gasteiger partial charge in [0.05, 0.1) is 6.61 Å². The van der Waals surface area contributed by atoms with E-state index in [0.29, 0.717) is 0 Å². The zero-order valence-corrected chi connectivity index (χ0v) is 10.1. The standard InChI is InChI=1S/C10H18O8/c1-5(12)17-4-8(18-6(2)13)10(16)9(15)7(14)3-11/h7-11,14-16H,3-4H2,1-2H3/t7-,8+,9-,10-/m1/s1. The van der Waals surface area contributed by atoms with Crippen molar-refractivity contribution in [3.63, 3.8) is 0 Å².